The van der Waals surface area contributed by atoms with Gasteiger partial charge in [-0.3, -0.25) is 0 Å². The van der Waals surface area contributed by atoms with Crippen LogP contribution in [0.15, 0.2) is 18.2 Å². The topological polar surface area (TPSA) is 26.7 Å². The third-order valence-corrected chi connectivity index (χ3v) is 3.28. The monoisotopic (exact) mass is 238 g/mol. The Morgan fingerprint density at radius 3 is 2.47 bits per heavy atom. The van der Waals surface area contributed by atoms with Crippen LogP contribution in [0.5, 0.6) is 0 Å². The molecule has 0 unspecified atom stereocenters. The molecule has 0 aliphatic carbocycles. The van der Waals surface area contributed by atoms with Gasteiger partial charge in [0.05, 0.1) is 6.10 Å². The second-order valence-corrected chi connectivity index (χ2v) is 4.67. The van der Waals surface area contributed by atoms with Crippen LogP contribution in [-0.4, -0.2) is 43.2 Å². The molecule has 1 atom stereocenters. The fourth-order valence-corrected chi connectivity index (χ4v) is 2.20. The Morgan fingerprint density at radius 1 is 1.24 bits per heavy atom. The van der Waals surface area contributed by atoms with Gasteiger partial charge in [0.2, 0.25) is 0 Å². The standard InChI is InChI=1S/C13H19FN2O/c1-10(17)12-9-11(14)3-4-13(12)16-7-5-15(2)6-8-16/h3-4,9-10,17H,5-8H2,1-2H3/t10-/m1/s1. The van der Waals surface area contributed by atoms with Gasteiger partial charge in [0, 0.05) is 37.4 Å². The zero-order chi connectivity index (χ0) is 12.4. The Balaban J connectivity index is 2.25. The Hall–Kier alpha value is -1.13. The zero-order valence-electron chi connectivity index (χ0n) is 10.4. The van der Waals surface area contributed by atoms with Crippen molar-refractivity contribution in [2.24, 2.45) is 0 Å². The van der Waals surface area contributed by atoms with Crippen LogP contribution >= 0.6 is 0 Å². The Bertz CT molecular complexity index is 387. The summed E-state index contributed by atoms with van der Waals surface area (Å²) in [6, 6.07) is 4.65. The number of likely N-dealkylation sites (N-methyl/N-ethyl adjacent to an activating group) is 1. The quantitative estimate of drug-likeness (QED) is 0.848. The predicted molar refractivity (Wildman–Crippen MR) is 66.7 cm³/mol. The van der Waals surface area contributed by atoms with Crippen LogP contribution in [0.25, 0.3) is 0 Å². The molecule has 0 bridgehead atoms. The highest BCUT2D eigenvalue weighted by molar-refractivity contribution is 5.55. The van der Waals surface area contributed by atoms with Crippen LogP contribution in [0.4, 0.5) is 10.1 Å². The highest BCUT2D eigenvalue weighted by Gasteiger charge is 2.19. The van der Waals surface area contributed by atoms with Gasteiger partial charge in [-0.05, 0) is 32.2 Å². The molecule has 1 aliphatic heterocycles. The summed E-state index contributed by atoms with van der Waals surface area (Å²) in [5.74, 6) is -0.293. The molecular formula is C13H19FN2O. The van der Waals surface area contributed by atoms with E-state index < -0.39 is 6.10 Å². The first kappa shape index (κ1) is 12.3. The van der Waals surface area contributed by atoms with Gasteiger partial charge in [-0.15, -0.1) is 0 Å². The maximum absolute atomic E-state index is 13.2. The molecule has 94 valence electrons. The van der Waals surface area contributed by atoms with Gasteiger partial charge in [-0.2, -0.15) is 0 Å². The molecule has 0 saturated carbocycles. The maximum Gasteiger partial charge on any atom is 0.123 e. The lowest BCUT2D eigenvalue weighted by atomic mass is 10.1. The van der Waals surface area contributed by atoms with Gasteiger partial charge in [0.15, 0.2) is 0 Å². The molecule has 1 fully saturated rings. The van der Waals surface area contributed by atoms with Crippen molar-refractivity contribution in [3.63, 3.8) is 0 Å². The van der Waals surface area contributed by atoms with E-state index in [-0.39, 0.29) is 5.82 Å². The summed E-state index contributed by atoms with van der Waals surface area (Å²) in [6.07, 6.45) is -0.639. The van der Waals surface area contributed by atoms with Crippen molar-refractivity contribution in [3.8, 4) is 0 Å². The van der Waals surface area contributed by atoms with Gasteiger partial charge < -0.3 is 14.9 Å². The Morgan fingerprint density at radius 2 is 1.88 bits per heavy atom. The fraction of sp³-hybridized carbons (Fsp3) is 0.538. The van der Waals surface area contributed by atoms with Crippen LogP contribution in [-0.2, 0) is 0 Å². The highest BCUT2D eigenvalue weighted by Crippen LogP contribution is 2.27. The average Bonchev–Trinajstić information content (AvgIpc) is 2.30. The number of aliphatic hydroxyl groups is 1. The van der Waals surface area contributed by atoms with Crippen molar-refractivity contribution in [2.75, 3.05) is 38.1 Å². The molecule has 1 aromatic carbocycles. The molecule has 1 aliphatic rings. The predicted octanol–water partition coefficient (Wildman–Crippen LogP) is 1.63. The van der Waals surface area contributed by atoms with Gasteiger partial charge in [0.25, 0.3) is 0 Å². The Labute approximate surface area is 101 Å². The molecule has 3 nitrogen and oxygen atoms in total. The van der Waals surface area contributed by atoms with Crippen molar-refractivity contribution in [2.45, 2.75) is 13.0 Å². The number of anilines is 1. The van der Waals surface area contributed by atoms with Gasteiger partial charge >= 0.3 is 0 Å². The van der Waals surface area contributed by atoms with Crippen molar-refractivity contribution >= 4 is 5.69 Å². The van der Waals surface area contributed by atoms with E-state index in [1.165, 1.54) is 12.1 Å². The molecule has 1 aromatic rings. The van der Waals surface area contributed by atoms with Crippen molar-refractivity contribution in [1.82, 2.24) is 4.90 Å². The zero-order valence-corrected chi connectivity index (χ0v) is 10.4. The molecule has 1 heterocycles. The lowest BCUT2D eigenvalue weighted by Gasteiger charge is -2.35. The van der Waals surface area contributed by atoms with Crippen LogP contribution in [0.1, 0.15) is 18.6 Å². The smallest absolute Gasteiger partial charge is 0.123 e. The van der Waals surface area contributed by atoms with E-state index >= 15 is 0 Å². The minimum atomic E-state index is -0.639. The van der Waals surface area contributed by atoms with E-state index in [1.54, 1.807) is 13.0 Å². The van der Waals surface area contributed by atoms with E-state index in [2.05, 4.69) is 16.8 Å². The normalized spacial score (nSPS) is 19.4. The summed E-state index contributed by atoms with van der Waals surface area (Å²) in [7, 11) is 2.09. The second-order valence-electron chi connectivity index (χ2n) is 4.67. The SMILES string of the molecule is C[C@@H](O)c1cc(F)ccc1N1CCN(C)CC1. The number of nitrogens with zero attached hydrogens (tertiary/aromatic N) is 2. The van der Waals surface area contributed by atoms with E-state index in [0.29, 0.717) is 5.56 Å². The summed E-state index contributed by atoms with van der Waals surface area (Å²) in [6.45, 7) is 5.51. The first-order valence-corrected chi connectivity index (χ1v) is 5.99. The lowest BCUT2D eigenvalue weighted by Crippen LogP contribution is -2.44. The third kappa shape index (κ3) is 2.76. The summed E-state index contributed by atoms with van der Waals surface area (Å²) in [4.78, 5) is 4.48. The van der Waals surface area contributed by atoms with E-state index in [4.69, 9.17) is 0 Å². The molecule has 0 amide bonds. The number of halogens is 1. The first-order chi connectivity index (χ1) is 8.08. The third-order valence-electron chi connectivity index (χ3n) is 3.28. The molecule has 1 saturated heterocycles. The summed E-state index contributed by atoms with van der Waals surface area (Å²) < 4.78 is 13.2. The van der Waals surface area contributed by atoms with Crippen LogP contribution < -0.4 is 4.90 Å². The number of hydrogen-bond acceptors (Lipinski definition) is 3. The number of piperazine rings is 1. The van der Waals surface area contributed by atoms with Crippen molar-refractivity contribution in [1.29, 1.82) is 0 Å². The number of hydrogen-bond donors (Lipinski definition) is 1. The molecule has 0 spiro atoms. The largest absolute Gasteiger partial charge is 0.389 e. The van der Waals surface area contributed by atoms with E-state index in [0.717, 1.165) is 31.9 Å². The maximum atomic E-state index is 13.2. The highest BCUT2D eigenvalue weighted by atomic mass is 19.1. The molecule has 17 heavy (non-hydrogen) atoms. The summed E-state index contributed by atoms with van der Waals surface area (Å²) in [5.41, 5.74) is 1.63. The van der Waals surface area contributed by atoms with E-state index in [9.17, 15) is 9.50 Å². The Kier molecular flexibility index (Phi) is 3.64. The van der Waals surface area contributed by atoms with Crippen LogP contribution in [0, 0.1) is 5.82 Å². The van der Waals surface area contributed by atoms with Crippen molar-refractivity contribution in [3.05, 3.63) is 29.6 Å². The second kappa shape index (κ2) is 5.02. The molecule has 0 aromatic heterocycles. The molecule has 1 N–H and O–H groups in total. The molecule has 2 rings (SSSR count). The van der Waals surface area contributed by atoms with Gasteiger partial charge in [0.1, 0.15) is 5.82 Å². The number of aliphatic hydroxyl groups excluding tert-OH is 1. The average molecular weight is 238 g/mol. The van der Waals surface area contributed by atoms with Gasteiger partial charge in [-0.1, -0.05) is 0 Å². The molecule has 0 radical (unpaired) electrons. The van der Waals surface area contributed by atoms with Gasteiger partial charge in [-0.25, -0.2) is 4.39 Å². The summed E-state index contributed by atoms with van der Waals surface area (Å²) in [5, 5.41) is 9.71. The first-order valence-electron chi connectivity index (χ1n) is 5.99. The number of benzene rings is 1. The van der Waals surface area contributed by atoms with Crippen molar-refractivity contribution < 1.29 is 9.50 Å². The lowest BCUT2D eigenvalue weighted by molar-refractivity contribution is 0.198. The summed E-state index contributed by atoms with van der Waals surface area (Å²) >= 11 is 0. The number of rotatable bonds is 2. The minimum Gasteiger partial charge on any atom is -0.389 e. The molecule has 4 heteroatoms. The molecular weight excluding hydrogens is 219 g/mol. The van der Waals surface area contributed by atoms with Crippen LogP contribution in [0.3, 0.4) is 0 Å². The minimum absolute atomic E-state index is 0.293. The van der Waals surface area contributed by atoms with E-state index in [1.807, 2.05) is 0 Å². The van der Waals surface area contributed by atoms with Crippen LogP contribution in [0.2, 0.25) is 0 Å². The fourth-order valence-electron chi connectivity index (χ4n) is 2.20.